The van der Waals surface area contributed by atoms with E-state index < -0.39 is 11.9 Å². The second-order valence-electron chi connectivity index (χ2n) is 6.71. The number of carboxylic acid groups (broad SMARTS) is 1. The predicted molar refractivity (Wildman–Crippen MR) is 125 cm³/mol. The molecule has 32 heavy (non-hydrogen) atoms. The molecule has 0 radical (unpaired) electrons. The van der Waals surface area contributed by atoms with Crippen LogP contribution in [0.1, 0.15) is 21.5 Å². The minimum atomic E-state index is -1.12. The largest absolute Gasteiger partial charge is 0.497 e. The van der Waals surface area contributed by atoms with Gasteiger partial charge in [-0.2, -0.15) is 0 Å². The van der Waals surface area contributed by atoms with Crippen molar-refractivity contribution < 1.29 is 24.3 Å². The summed E-state index contributed by atoms with van der Waals surface area (Å²) < 4.78 is 6.01. The van der Waals surface area contributed by atoms with Crippen molar-refractivity contribution in [3.05, 3.63) is 94.0 Å². The van der Waals surface area contributed by atoms with Gasteiger partial charge in [-0.25, -0.2) is 4.79 Å². The third kappa shape index (κ3) is 6.18. The average molecular weight is 497 g/mol. The second kappa shape index (κ2) is 11.1. The van der Waals surface area contributed by atoms with Crippen LogP contribution in [0.2, 0.25) is 0 Å². The first kappa shape index (κ1) is 23.0. The lowest BCUT2D eigenvalue weighted by molar-refractivity contribution is -0.123. The van der Waals surface area contributed by atoms with Crippen LogP contribution in [0.5, 0.6) is 5.75 Å². The van der Waals surface area contributed by atoms with Gasteiger partial charge in [-0.1, -0.05) is 45.4 Å². The van der Waals surface area contributed by atoms with Crippen LogP contribution in [0, 0.1) is 0 Å². The summed E-state index contributed by atoms with van der Waals surface area (Å²) in [5.41, 5.74) is 1.93. The molecular formula is C24H21BrN2O5. The van der Waals surface area contributed by atoms with Gasteiger partial charge in [0.15, 0.2) is 6.61 Å². The first-order chi connectivity index (χ1) is 15.5. The van der Waals surface area contributed by atoms with Gasteiger partial charge < -0.3 is 19.6 Å². The number of rotatable bonds is 9. The summed E-state index contributed by atoms with van der Waals surface area (Å²) in [4.78, 5) is 31.3. The van der Waals surface area contributed by atoms with E-state index in [1.807, 2.05) is 24.3 Å². The van der Waals surface area contributed by atoms with E-state index in [0.29, 0.717) is 0 Å². The zero-order chi connectivity index (χ0) is 22.9. The summed E-state index contributed by atoms with van der Waals surface area (Å²) in [5.74, 6) is -0.819. The monoisotopic (exact) mass is 496 g/mol. The molecule has 0 bridgehead atoms. The maximum absolute atomic E-state index is 13.0. The van der Waals surface area contributed by atoms with E-state index in [4.69, 9.17) is 9.57 Å². The van der Waals surface area contributed by atoms with E-state index >= 15 is 0 Å². The summed E-state index contributed by atoms with van der Waals surface area (Å²) in [6, 6.07) is 21.0. The third-order valence-electron chi connectivity index (χ3n) is 4.56. The molecule has 1 N–H and O–H groups in total. The molecule has 0 aliphatic carbocycles. The van der Waals surface area contributed by atoms with Crippen LogP contribution in [-0.2, 0) is 16.2 Å². The first-order valence-corrected chi connectivity index (χ1v) is 10.4. The fourth-order valence-corrected chi connectivity index (χ4v) is 3.19. The molecule has 0 saturated heterocycles. The van der Waals surface area contributed by atoms with Crippen LogP contribution >= 0.6 is 15.9 Å². The van der Waals surface area contributed by atoms with Gasteiger partial charge >= 0.3 is 5.97 Å². The Kier molecular flexibility index (Phi) is 7.99. The third-order valence-corrected chi connectivity index (χ3v) is 5.09. The fourth-order valence-electron chi connectivity index (χ4n) is 2.93. The lowest BCUT2D eigenvalue weighted by atomic mass is 10.1. The highest BCUT2D eigenvalue weighted by atomic mass is 79.9. The summed E-state index contributed by atoms with van der Waals surface area (Å²) in [7, 11) is 1.58. The number of nitrogens with zero attached hydrogens (tertiary/aromatic N) is 2. The zero-order valence-corrected chi connectivity index (χ0v) is 18.9. The Morgan fingerprint density at radius 3 is 2.38 bits per heavy atom. The van der Waals surface area contributed by atoms with E-state index in [1.54, 1.807) is 49.6 Å². The van der Waals surface area contributed by atoms with Crippen molar-refractivity contribution in [2.45, 2.75) is 6.54 Å². The van der Waals surface area contributed by atoms with Gasteiger partial charge in [0, 0.05) is 4.47 Å². The number of ether oxygens (including phenoxy) is 1. The zero-order valence-electron chi connectivity index (χ0n) is 17.3. The number of carboxylic acids is 1. The Bertz CT molecular complexity index is 1100. The fraction of sp³-hybridized carbons (Fsp3) is 0.125. The van der Waals surface area contributed by atoms with Crippen molar-refractivity contribution >= 4 is 39.7 Å². The summed E-state index contributed by atoms with van der Waals surface area (Å²) >= 11 is 3.38. The summed E-state index contributed by atoms with van der Waals surface area (Å²) in [6.45, 7) is -0.168. The summed E-state index contributed by atoms with van der Waals surface area (Å²) in [5, 5.41) is 13.4. The molecule has 0 unspecified atom stereocenters. The van der Waals surface area contributed by atoms with Gasteiger partial charge in [0.05, 0.1) is 31.1 Å². The standard InChI is InChI=1S/C24H21BrN2O5/c1-31-20-12-8-17(9-13-20)14-26-32-16-23(28)27(15-18-6-10-19(25)11-7-18)22-5-3-2-4-21(22)24(29)30/h2-14H,15-16H2,1H3,(H,29,30)/b26-14-. The molecule has 0 aliphatic rings. The molecule has 7 nitrogen and oxygen atoms in total. The minimum absolute atomic E-state index is 0.0275. The van der Waals surface area contributed by atoms with Gasteiger partial charge in [0.1, 0.15) is 5.75 Å². The number of benzene rings is 3. The Balaban J connectivity index is 1.76. The van der Waals surface area contributed by atoms with Gasteiger partial charge in [0.25, 0.3) is 5.91 Å². The minimum Gasteiger partial charge on any atom is -0.497 e. The molecule has 0 heterocycles. The van der Waals surface area contributed by atoms with Crippen LogP contribution in [0.15, 0.2) is 82.4 Å². The van der Waals surface area contributed by atoms with Gasteiger partial charge in [0.2, 0.25) is 0 Å². The Labute approximate surface area is 194 Å². The van der Waals surface area contributed by atoms with Crippen LogP contribution < -0.4 is 9.64 Å². The molecule has 0 saturated carbocycles. The van der Waals surface area contributed by atoms with Crippen molar-refractivity contribution in [2.24, 2.45) is 5.16 Å². The highest BCUT2D eigenvalue weighted by molar-refractivity contribution is 9.10. The summed E-state index contributed by atoms with van der Waals surface area (Å²) in [6.07, 6.45) is 1.48. The number of para-hydroxylation sites is 1. The normalized spacial score (nSPS) is 10.7. The smallest absolute Gasteiger partial charge is 0.337 e. The number of aromatic carboxylic acids is 1. The van der Waals surface area contributed by atoms with Crippen molar-refractivity contribution in [3.63, 3.8) is 0 Å². The molecule has 0 aromatic heterocycles. The molecule has 8 heteroatoms. The maximum Gasteiger partial charge on any atom is 0.337 e. The number of amides is 1. The lowest BCUT2D eigenvalue weighted by Crippen LogP contribution is -2.34. The second-order valence-corrected chi connectivity index (χ2v) is 7.63. The predicted octanol–water partition coefficient (Wildman–Crippen LogP) is 4.74. The molecule has 0 atom stereocenters. The molecule has 0 spiro atoms. The first-order valence-electron chi connectivity index (χ1n) is 9.64. The van der Waals surface area contributed by atoms with Gasteiger partial charge in [-0.3, -0.25) is 4.79 Å². The highest BCUT2D eigenvalue weighted by Crippen LogP contribution is 2.24. The van der Waals surface area contributed by atoms with Crippen LogP contribution in [0.4, 0.5) is 5.69 Å². The topological polar surface area (TPSA) is 88.4 Å². The van der Waals surface area contributed by atoms with Crippen LogP contribution in [0.3, 0.4) is 0 Å². The number of carbonyl (C=O) groups is 2. The van der Waals surface area contributed by atoms with Crippen molar-refractivity contribution in [1.82, 2.24) is 0 Å². The average Bonchev–Trinajstić information content (AvgIpc) is 2.81. The van der Waals surface area contributed by atoms with E-state index in [9.17, 15) is 14.7 Å². The molecule has 0 fully saturated rings. The van der Waals surface area contributed by atoms with E-state index in [2.05, 4.69) is 21.1 Å². The number of oxime groups is 1. The number of carbonyl (C=O) groups excluding carboxylic acids is 1. The molecule has 0 aliphatic heterocycles. The Morgan fingerprint density at radius 1 is 1.03 bits per heavy atom. The molecule has 1 amide bonds. The van der Waals surface area contributed by atoms with Crippen LogP contribution in [0.25, 0.3) is 0 Å². The van der Waals surface area contributed by atoms with Gasteiger partial charge in [-0.15, -0.1) is 0 Å². The molecular weight excluding hydrogens is 476 g/mol. The van der Waals surface area contributed by atoms with E-state index in [0.717, 1.165) is 21.3 Å². The molecule has 3 aromatic carbocycles. The number of anilines is 1. The van der Waals surface area contributed by atoms with E-state index in [1.165, 1.54) is 17.2 Å². The SMILES string of the molecule is COc1ccc(/C=N\OCC(=O)N(Cc2ccc(Br)cc2)c2ccccc2C(=O)O)cc1. The Hall–Kier alpha value is -3.65. The van der Waals surface area contributed by atoms with Crippen molar-refractivity contribution in [3.8, 4) is 5.75 Å². The van der Waals surface area contributed by atoms with Crippen LogP contribution in [-0.4, -0.2) is 36.9 Å². The molecule has 3 rings (SSSR count). The number of hydrogen-bond acceptors (Lipinski definition) is 5. The number of hydrogen-bond donors (Lipinski definition) is 1. The number of halogens is 1. The Morgan fingerprint density at radius 2 is 1.72 bits per heavy atom. The van der Waals surface area contributed by atoms with Crippen molar-refractivity contribution in [2.75, 3.05) is 18.6 Å². The lowest BCUT2D eigenvalue weighted by Gasteiger charge is -2.24. The number of methoxy groups -OCH3 is 1. The highest BCUT2D eigenvalue weighted by Gasteiger charge is 2.22. The van der Waals surface area contributed by atoms with E-state index in [-0.39, 0.29) is 24.4 Å². The quantitative estimate of drug-likeness (QED) is 0.341. The molecule has 164 valence electrons. The maximum atomic E-state index is 13.0. The van der Waals surface area contributed by atoms with Gasteiger partial charge in [-0.05, 0) is 59.7 Å². The molecule has 3 aromatic rings. The van der Waals surface area contributed by atoms with Crippen molar-refractivity contribution in [1.29, 1.82) is 0 Å².